The van der Waals surface area contributed by atoms with Gasteiger partial charge in [-0.05, 0) is 24.1 Å². The van der Waals surface area contributed by atoms with Crippen molar-refractivity contribution in [1.29, 1.82) is 0 Å². The van der Waals surface area contributed by atoms with E-state index < -0.39 is 36.6 Å². The number of rotatable bonds is 7. The van der Waals surface area contributed by atoms with Gasteiger partial charge in [0.25, 0.3) is 11.5 Å². The number of aryl methyl sites for hydroxylation is 1. The number of carbonyl (C=O) groups is 3. The number of hydrogen-bond donors (Lipinski definition) is 4. The van der Waals surface area contributed by atoms with Crippen LogP contribution in [0.4, 0.5) is 5.13 Å². The molecule has 0 saturated carbocycles. The average molecular weight is 496 g/mol. The second-order valence-electron chi connectivity index (χ2n) is 8.12. The molecular formula is C22H21BN4O7S. The van der Waals surface area contributed by atoms with Gasteiger partial charge in [0, 0.05) is 42.5 Å². The smallest absolute Gasteiger partial charge is 0.526 e. The number of carboxylic acid groups (broad SMARTS) is 1. The molecule has 0 aliphatic carbocycles. The molecule has 1 aromatic carbocycles. The van der Waals surface area contributed by atoms with E-state index in [-0.39, 0.29) is 46.1 Å². The summed E-state index contributed by atoms with van der Waals surface area (Å²) in [6.45, 7) is 0. The van der Waals surface area contributed by atoms with Crippen LogP contribution in [0, 0.1) is 0 Å². The number of Topliss-reactive ketones (excluding diaryl/α,β-unsaturated/α-hetero) is 1. The van der Waals surface area contributed by atoms with E-state index in [1.54, 1.807) is 24.6 Å². The van der Waals surface area contributed by atoms with Crippen LogP contribution >= 0.6 is 11.3 Å². The van der Waals surface area contributed by atoms with Crippen LogP contribution in [0.2, 0.25) is 5.82 Å². The molecule has 11 nitrogen and oxygen atoms in total. The fourth-order valence-electron chi connectivity index (χ4n) is 3.86. The first-order valence-electron chi connectivity index (χ1n) is 10.5. The van der Waals surface area contributed by atoms with Gasteiger partial charge in [-0.3, -0.25) is 14.4 Å². The van der Waals surface area contributed by atoms with E-state index in [0.29, 0.717) is 5.56 Å². The lowest BCUT2D eigenvalue weighted by molar-refractivity contribution is -0.121. The number of nitrogens with zero attached hydrogens (tertiary/aromatic N) is 2. The van der Waals surface area contributed by atoms with Gasteiger partial charge in [-0.2, -0.15) is 0 Å². The third-order valence-corrected chi connectivity index (χ3v) is 6.41. The number of anilines is 1. The highest BCUT2D eigenvalue weighted by atomic mass is 32.1. The predicted octanol–water partition coefficient (Wildman–Crippen LogP) is 1.04. The van der Waals surface area contributed by atoms with Gasteiger partial charge >= 0.3 is 13.1 Å². The summed E-state index contributed by atoms with van der Waals surface area (Å²) < 4.78 is 6.77. The molecule has 3 aromatic rings. The minimum Gasteiger partial charge on any atom is -0.535 e. The molecule has 180 valence electrons. The highest BCUT2D eigenvalue weighted by Crippen LogP contribution is 2.37. The predicted molar refractivity (Wildman–Crippen MR) is 127 cm³/mol. The van der Waals surface area contributed by atoms with E-state index in [0.717, 1.165) is 17.4 Å². The molecule has 35 heavy (non-hydrogen) atoms. The van der Waals surface area contributed by atoms with Crippen molar-refractivity contribution in [3.05, 3.63) is 74.6 Å². The van der Waals surface area contributed by atoms with Crippen LogP contribution in [-0.2, 0) is 18.3 Å². The number of benzene rings is 1. The topological polar surface area (TPSA) is 174 Å². The standard InChI is InChI=1S/C22H21BN4O7S/c1-27-6-5-12(8-17(27)29)20(30)26-18(15-10-35-22(24)25-15)16(28)9-13-7-11-3-2-4-14(21(31)32)19(11)34-23(13)33/h2-6,8,10,13,18,33H,7,9H2,1H3,(H2,24,25)(H,26,30)(H,31,32)/t13-,18?/m1/s1. The monoisotopic (exact) mass is 496 g/mol. The molecule has 13 heteroatoms. The van der Waals surface area contributed by atoms with E-state index in [4.69, 9.17) is 10.4 Å². The Kier molecular flexibility index (Phi) is 6.71. The van der Waals surface area contributed by atoms with E-state index >= 15 is 0 Å². The maximum atomic E-state index is 13.3. The van der Waals surface area contributed by atoms with Crippen molar-refractivity contribution >= 4 is 41.2 Å². The van der Waals surface area contributed by atoms with E-state index in [1.807, 2.05) is 0 Å². The minimum atomic E-state index is -1.43. The number of nitrogens with two attached hydrogens (primary N) is 1. The molecule has 0 radical (unpaired) electrons. The Labute approximate surface area is 203 Å². The number of fused-ring (bicyclic) bond motifs is 1. The van der Waals surface area contributed by atoms with Gasteiger partial charge in [0.1, 0.15) is 11.8 Å². The fraction of sp³-hybridized carbons (Fsp3) is 0.227. The van der Waals surface area contributed by atoms with Crippen LogP contribution < -0.4 is 21.3 Å². The number of ketones is 1. The number of thiazole rings is 1. The minimum absolute atomic E-state index is 0.0685. The van der Waals surface area contributed by atoms with Crippen LogP contribution in [0.25, 0.3) is 0 Å². The van der Waals surface area contributed by atoms with Crippen molar-refractivity contribution < 1.29 is 29.2 Å². The maximum Gasteiger partial charge on any atom is 0.526 e. The summed E-state index contributed by atoms with van der Waals surface area (Å²) in [5, 5.41) is 24.2. The van der Waals surface area contributed by atoms with Gasteiger partial charge < -0.3 is 30.4 Å². The van der Waals surface area contributed by atoms with Crippen molar-refractivity contribution in [1.82, 2.24) is 14.9 Å². The molecule has 0 fully saturated rings. The lowest BCUT2D eigenvalue weighted by Crippen LogP contribution is -2.39. The lowest BCUT2D eigenvalue weighted by atomic mass is 9.64. The number of aromatic nitrogens is 2. The highest BCUT2D eigenvalue weighted by molar-refractivity contribution is 7.13. The number of carbonyl (C=O) groups excluding carboxylic acids is 2. The molecule has 1 unspecified atom stereocenters. The van der Waals surface area contributed by atoms with Crippen molar-refractivity contribution in [3.8, 4) is 5.75 Å². The molecule has 5 N–H and O–H groups in total. The highest BCUT2D eigenvalue weighted by Gasteiger charge is 2.39. The normalized spacial score (nSPS) is 15.6. The Morgan fingerprint density at radius 3 is 2.80 bits per heavy atom. The van der Waals surface area contributed by atoms with Crippen molar-refractivity contribution in [2.75, 3.05) is 5.73 Å². The molecule has 0 saturated heterocycles. The third kappa shape index (κ3) is 5.10. The number of para-hydroxylation sites is 1. The summed E-state index contributed by atoms with van der Waals surface area (Å²) in [6.07, 6.45) is 1.43. The van der Waals surface area contributed by atoms with Crippen LogP contribution in [0.15, 0.2) is 46.7 Å². The molecule has 2 aromatic heterocycles. The molecule has 2 atom stereocenters. The van der Waals surface area contributed by atoms with Crippen molar-refractivity contribution in [3.63, 3.8) is 0 Å². The summed E-state index contributed by atoms with van der Waals surface area (Å²) in [4.78, 5) is 53.6. The van der Waals surface area contributed by atoms with Gasteiger partial charge in [-0.25, -0.2) is 9.78 Å². The first kappa shape index (κ1) is 24.2. The molecule has 4 rings (SSSR count). The fourth-order valence-corrected chi connectivity index (χ4v) is 4.45. The van der Waals surface area contributed by atoms with Crippen molar-refractivity contribution in [2.24, 2.45) is 7.05 Å². The van der Waals surface area contributed by atoms with Gasteiger partial charge in [-0.15, -0.1) is 11.3 Å². The van der Waals surface area contributed by atoms with Crippen LogP contribution in [0.3, 0.4) is 0 Å². The lowest BCUT2D eigenvalue weighted by Gasteiger charge is -2.28. The third-order valence-electron chi connectivity index (χ3n) is 5.71. The molecule has 0 bridgehead atoms. The zero-order chi connectivity index (χ0) is 25.3. The summed E-state index contributed by atoms with van der Waals surface area (Å²) in [6, 6.07) is 6.02. The first-order chi connectivity index (χ1) is 16.6. The number of nitrogen functional groups attached to an aromatic ring is 1. The summed E-state index contributed by atoms with van der Waals surface area (Å²) in [5.74, 6) is -2.93. The Hall–Kier alpha value is -3.97. The number of amides is 1. The summed E-state index contributed by atoms with van der Waals surface area (Å²) in [5.41, 5.74) is 6.11. The zero-order valence-corrected chi connectivity index (χ0v) is 19.3. The summed E-state index contributed by atoms with van der Waals surface area (Å²) >= 11 is 1.10. The molecule has 1 aliphatic rings. The molecule has 1 aliphatic heterocycles. The SMILES string of the molecule is Cn1ccc(C(=O)NC(C(=O)C[C@H]2Cc3cccc(C(=O)O)c3OB2O)c2csc(N)n2)cc1=O. The first-order valence-corrected chi connectivity index (χ1v) is 11.4. The average Bonchev–Trinajstić information content (AvgIpc) is 3.24. The molecular weight excluding hydrogens is 475 g/mol. The van der Waals surface area contributed by atoms with Crippen molar-refractivity contribution in [2.45, 2.75) is 24.7 Å². The van der Waals surface area contributed by atoms with E-state index in [9.17, 15) is 29.3 Å². The number of hydrogen-bond acceptors (Lipinski definition) is 9. The van der Waals surface area contributed by atoms with Gasteiger partial charge in [0.05, 0.1) is 11.3 Å². The number of aromatic carboxylic acids is 1. The second kappa shape index (κ2) is 9.72. The Morgan fingerprint density at radius 2 is 2.14 bits per heavy atom. The number of nitrogens with one attached hydrogen (secondary N) is 1. The van der Waals surface area contributed by atoms with Crippen LogP contribution in [0.1, 0.15) is 44.4 Å². The molecule has 3 heterocycles. The van der Waals surface area contributed by atoms with E-state index in [2.05, 4.69) is 10.3 Å². The zero-order valence-electron chi connectivity index (χ0n) is 18.5. The van der Waals surface area contributed by atoms with Gasteiger partial charge in [0.2, 0.25) is 0 Å². The number of pyridine rings is 1. The maximum absolute atomic E-state index is 13.3. The van der Waals surface area contributed by atoms with Crippen LogP contribution in [-0.4, -0.2) is 44.5 Å². The Bertz CT molecular complexity index is 1370. The quantitative estimate of drug-likeness (QED) is 0.349. The Morgan fingerprint density at radius 1 is 1.37 bits per heavy atom. The van der Waals surface area contributed by atoms with E-state index in [1.165, 1.54) is 22.9 Å². The summed E-state index contributed by atoms with van der Waals surface area (Å²) in [7, 11) is 0.115. The number of carboxylic acids is 1. The second-order valence-corrected chi connectivity index (χ2v) is 9.01. The molecule has 1 amide bonds. The van der Waals surface area contributed by atoms with Crippen LogP contribution in [0.5, 0.6) is 5.75 Å². The Balaban J connectivity index is 1.56. The molecule has 0 spiro atoms. The van der Waals surface area contributed by atoms with Gasteiger partial charge in [0.15, 0.2) is 10.9 Å². The van der Waals surface area contributed by atoms with Gasteiger partial charge in [-0.1, -0.05) is 12.1 Å². The largest absolute Gasteiger partial charge is 0.535 e.